The van der Waals surface area contributed by atoms with Crippen molar-refractivity contribution < 1.29 is 22.7 Å². The standard InChI is InChI=1S/C13H11F3N2O2/c1-7-9(5-8(20-2)6-10(7)19)12-17-4-3-11(18-12)13(14,15)16/h3-7H,1-2H3. The zero-order valence-electron chi connectivity index (χ0n) is 10.7. The molecule has 1 aliphatic rings. The van der Waals surface area contributed by atoms with Crippen molar-refractivity contribution in [2.75, 3.05) is 7.11 Å². The van der Waals surface area contributed by atoms with Crippen LogP contribution in [-0.2, 0) is 15.7 Å². The summed E-state index contributed by atoms with van der Waals surface area (Å²) in [5, 5.41) is 0. The van der Waals surface area contributed by atoms with Gasteiger partial charge in [-0.2, -0.15) is 13.2 Å². The largest absolute Gasteiger partial charge is 0.497 e. The number of hydrogen-bond donors (Lipinski definition) is 0. The first-order valence-electron chi connectivity index (χ1n) is 5.74. The predicted molar refractivity (Wildman–Crippen MR) is 64.3 cm³/mol. The van der Waals surface area contributed by atoms with Crippen LogP contribution in [0, 0.1) is 5.92 Å². The topological polar surface area (TPSA) is 52.1 Å². The smallest absolute Gasteiger partial charge is 0.433 e. The van der Waals surface area contributed by atoms with Crippen LogP contribution in [0.2, 0.25) is 0 Å². The third-order valence-corrected chi connectivity index (χ3v) is 2.92. The molecule has 0 saturated heterocycles. The van der Waals surface area contributed by atoms with E-state index in [9.17, 15) is 18.0 Å². The molecule has 4 nitrogen and oxygen atoms in total. The number of halogens is 3. The minimum atomic E-state index is -4.56. The Bertz CT molecular complexity index is 606. The summed E-state index contributed by atoms with van der Waals surface area (Å²) >= 11 is 0. The molecule has 7 heteroatoms. The van der Waals surface area contributed by atoms with Crippen LogP contribution in [0.15, 0.2) is 30.2 Å². The molecule has 0 amide bonds. The van der Waals surface area contributed by atoms with E-state index in [-0.39, 0.29) is 17.4 Å². The van der Waals surface area contributed by atoms with Gasteiger partial charge in [-0.05, 0) is 12.1 Å². The quantitative estimate of drug-likeness (QED) is 0.837. The molecule has 0 radical (unpaired) electrons. The van der Waals surface area contributed by atoms with Crippen LogP contribution >= 0.6 is 0 Å². The summed E-state index contributed by atoms with van der Waals surface area (Å²) in [6.07, 6.45) is -0.766. The summed E-state index contributed by atoms with van der Waals surface area (Å²) < 4.78 is 42.9. The Kier molecular flexibility index (Phi) is 3.61. The van der Waals surface area contributed by atoms with Crippen LogP contribution in [0.1, 0.15) is 18.4 Å². The number of ketones is 1. The van der Waals surface area contributed by atoms with Crippen molar-refractivity contribution in [2.45, 2.75) is 13.1 Å². The summed E-state index contributed by atoms with van der Waals surface area (Å²) in [4.78, 5) is 19.1. The maximum atomic E-state index is 12.6. The molecule has 1 unspecified atom stereocenters. The highest BCUT2D eigenvalue weighted by Gasteiger charge is 2.34. The number of alkyl halides is 3. The average molecular weight is 284 g/mol. The van der Waals surface area contributed by atoms with Gasteiger partial charge in [-0.3, -0.25) is 4.79 Å². The monoisotopic (exact) mass is 284 g/mol. The van der Waals surface area contributed by atoms with Gasteiger partial charge < -0.3 is 4.74 Å². The number of carbonyl (C=O) groups excluding carboxylic acids is 1. The van der Waals surface area contributed by atoms with Gasteiger partial charge in [0.2, 0.25) is 0 Å². The van der Waals surface area contributed by atoms with Gasteiger partial charge in [0, 0.05) is 23.8 Å². The molecule has 0 bridgehead atoms. The van der Waals surface area contributed by atoms with Gasteiger partial charge in [-0.25, -0.2) is 9.97 Å². The molecule has 1 aliphatic carbocycles. The molecule has 1 atom stereocenters. The van der Waals surface area contributed by atoms with Crippen molar-refractivity contribution in [3.8, 4) is 0 Å². The average Bonchev–Trinajstić information content (AvgIpc) is 2.41. The fourth-order valence-corrected chi connectivity index (χ4v) is 1.77. The Labute approximate surface area is 113 Å². The molecular formula is C13H11F3N2O2. The minimum absolute atomic E-state index is 0.122. The second-order valence-corrected chi connectivity index (χ2v) is 4.24. The van der Waals surface area contributed by atoms with Gasteiger partial charge in [0.15, 0.2) is 11.6 Å². The van der Waals surface area contributed by atoms with Crippen molar-refractivity contribution in [1.29, 1.82) is 0 Å². The lowest BCUT2D eigenvalue weighted by atomic mass is 9.90. The fourth-order valence-electron chi connectivity index (χ4n) is 1.77. The number of ether oxygens (including phenoxy) is 1. The van der Waals surface area contributed by atoms with Crippen molar-refractivity contribution in [1.82, 2.24) is 9.97 Å². The van der Waals surface area contributed by atoms with Gasteiger partial charge in [0.25, 0.3) is 0 Å². The first-order valence-corrected chi connectivity index (χ1v) is 5.74. The fraction of sp³-hybridized carbons (Fsp3) is 0.308. The van der Waals surface area contributed by atoms with E-state index in [1.807, 2.05) is 0 Å². The molecule has 106 valence electrons. The summed E-state index contributed by atoms with van der Waals surface area (Å²) in [6.45, 7) is 1.58. The molecule has 20 heavy (non-hydrogen) atoms. The summed E-state index contributed by atoms with van der Waals surface area (Å²) in [6, 6.07) is 0.784. The van der Waals surface area contributed by atoms with E-state index in [2.05, 4.69) is 9.97 Å². The summed E-state index contributed by atoms with van der Waals surface area (Å²) in [5.41, 5.74) is -0.739. The van der Waals surface area contributed by atoms with Gasteiger partial charge >= 0.3 is 6.18 Å². The highest BCUT2D eigenvalue weighted by atomic mass is 19.4. The first kappa shape index (κ1) is 14.2. The third kappa shape index (κ3) is 2.71. The van der Waals surface area contributed by atoms with Crippen LogP contribution in [-0.4, -0.2) is 22.9 Å². The van der Waals surface area contributed by atoms with Gasteiger partial charge in [-0.15, -0.1) is 0 Å². The molecule has 0 saturated carbocycles. The lowest BCUT2D eigenvalue weighted by Crippen LogP contribution is -2.18. The number of nitrogens with zero attached hydrogens (tertiary/aromatic N) is 2. The van der Waals surface area contributed by atoms with E-state index in [1.165, 1.54) is 19.3 Å². The number of carbonyl (C=O) groups is 1. The molecule has 1 aromatic heterocycles. The maximum Gasteiger partial charge on any atom is 0.433 e. The zero-order chi connectivity index (χ0) is 14.9. The van der Waals surface area contributed by atoms with Crippen molar-refractivity contribution in [2.24, 2.45) is 5.92 Å². The second-order valence-electron chi connectivity index (χ2n) is 4.24. The number of methoxy groups -OCH3 is 1. The van der Waals surface area contributed by atoms with E-state index in [1.54, 1.807) is 6.92 Å². The number of allylic oxidation sites excluding steroid dienone is 3. The SMILES string of the molecule is COC1=CC(=O)C(C)C(c2nccc(C(F)(F)F)n2)=C1. The highest BCUT2D eigenvalue weighted by molar-refractivity contribution is 6.02. The number of aromatic nitrogens is 2. The number of rotatable bonds is 2. The van der Waals surface area contributed by atoms with Crippen molar-refractivity contribution in [3.05, 3.63) is 41.7 Å². The van der Waals surface area contributed by atoms with E-state index in [4.69, 9.17) is 4.74 Å². The van der Waals surface area contributed by atoms with Gasteiger partial charge in [0.05, 0.1) is 7.11 Å². The molecule has 0 fully saturated rings. The molecular weight excluding hydrogens is 273 g/mol. The van der Waals surface area contributed by atoms with Crippen LogP contribution in [0.3, 0.4) is 0 Å². The van der Waals surface area contributed by atoms with Crippen LogP contribution in [0.25, 0.3) is 5.57 Å². The molecule has 0 aromatic carbocycles. The Morgan fingerprint density at radius 3 is 2.60 bits per heavy atom. The molecule has 1 heterocycles. The molecule has 1 aromatic rings. The Balaban J connectivity index is 2.48. The summed E-state index contributed by atoms with van der Waals surface area (Å²) in [7, 11) is 1.37. The van der Waals surface area contributed by atoms with Crippen LogP contribution in [0.4, 0.5) is 13.2 Å². The molecule has 2 rings (SSSR count). The van der Waals surface area contributed by atoms with Crippen molar-refractivity contribution >= 4 is 11.4 Å². The van der Waals surface area contributed by atoms with E-state index in [0.717, 1.165) is 12.3 Å². The van der Waals surface area contributed by atoms with Crippen molar-refractivity contribution in [3.63, 3.8) is 0 Å². The lowest BCUT2D eigenvalue weighted by molar-refractivity contribution is -0.141. The van der Waals surface area contributed by atoms with E-state index in [0.29, 0.717) is 5.57 Å². The normalized spacial score (nSPS) is 19.4. The molecule has 0 N–H and O–H groups in total. The lowest BCUT2D eigenvalue weighted by Gasteiger charge is -2.18. The van der Waals surface area contributed by atoms with Crippen LogP contribution < -0.4 is 0 Å². The minimum Gasteiger partial charge on any atom is -0.497 e. The van der Waals surface area contributed by atoms with Crippen LogP contribution in [0.5, 0.6) is 0 Å². The zero-order valence-corrected chi connectivity index (χ0v) is 10.7. The maximum absolute atomic E-state index is 12.6. The Hall–Kier alpha value is -2.18. The third-order valence-electron chi connectivity index (χ3n) is 2.92. The highest BCUT2D eigenvalue weighted by Crippen LogP contribution is 2.31. The summed E-state index contributed by atoms with van der Waals surface area (Å²) in [5.74, 6) is -0.731. The van der Waals surface area contributed by atoms with Gasteiger partial charge in [-0.1, -0.05) is 6.92 Å². The number of hydrogen-bond acceptors (Lipinski definition) is 4. The first-order chi connectivity index (χ1) is 9.32. The predicted octanol–water partition coefficient (Wildman–Crippen LogP) is 2.63. The van der Waals surface area contributed by atoms with E-state index >= 15 is 0 Å². The Morgan fingerprint density at radius 2 is 2.00 bits per heavy atom. The van der Waals surface area contributed by atoms with E-state index < -0.39 is 17.8 Å². The molecule has 0 aliphatic heterocycles. The molecule has 0 spiro atoms. The Morgan fingerprint density at radius 1 is 1.30 bits per heavy atom. The van der Waals surface area contributed by atoms with Gasteiger partial charge in [0.1, 0.15) is 11.5 Å². The second kappa shape index (κ2) is 5.07.